The third kappa shape index (κ3) is 3.28. The number of pyridine rings is 1. The Morgan fingerprint density at radius 1 is 1.03 bits per heavy atom. The molecule has 1 aliphatic carbocycles. The zero-order valence-electron chi connectivity index (χ0n) is 21.4. The number of aromatic nitrogens is 3. The molecule has 1 N–H and O–H groups in total. The Morgan fingerprint density at radius 2 is 1.86 bits per heavy atom. The van der Waals surface area contributed by atoms with Gasteiger partial charge in [-0.05, 0) is 61.0 Å². The van der Waals surface area contributed by atoms with Gasteiger partial charge in [0.05, 0.1) is 18.0 Å². The van der Waals surface area contributed by atoms with Gasteiger partial charge in [-0.25, -0.2) is 4.98 Å². The lowest BCUT2D eigenvalue weighted by molar-refractivity contribution is -0.120. The van der Waals surface area contributed by atoms with Gasteiger partial charge in [-0.15, -0.1) is 0 Å². The van der Waals surface area contributed by atoms with E-state index in [0.717, 1.165) is 83.1 Å². The van der Waals surface area contributed by atoms with Crippen molar-refractivity contribution >= 4 is 28.3 Å². The number of hydrogen-bond acceptors (Lipinski definition) is 6. The largest absolute Gasteiger partial charge is 0.497 e. The summed E-state index contributed by atoms with van der Waals surface area (Å²) in [6.07, 6.45) is 2.73. The zero-order valence-corrected chi connectivity index (χ0v) is 21.4. The third-order valence-electron chi connectivity index (χ3n) is 8.53. The van der Waals surface area contributed by atoms with Gasteiger partial charge in [-0.2, -0.15) is 5.10 Å². The molecular formula is C29H30N6O2. The summed E-state index contributed by atoms with van der Waals surface area (Å²) in [5, 5.41) is 8.92. The molecule has 0 bridgehead atoms. The van der Waals surface area contributed by atoms with Crippen LogP contribution in [0.25, 0.3) is 22.2 Å². The highest BCUT2D eigenvalue weighted by Crippen LogP contribution is 2.66. The first kappa shape index (κ1) is 22.3. The second-order valence-electron chi connectivity index (χ2n) is 10.5. The Balaban J connectivity index is 1.17. The van der Waals surface area contributed by atoms with Gasteiger partial charge in [0.2, 0.25) is 5.91 Å². The van der Waals surface area contributed by atoms with Crippen LogP contribution >= 0.6 is 0 Å². The summed E-state index contributed by atoms with van der Waals surface area (Å²) >= 11 is 0. The molecule has 1 amide bonds. The standard InChI is InChI=1S/C29H30N6O2/c1-33-10-12-35(13-11-33)26-9-5-19(17-30-26)27-21-7-4-18(14-24(21)31-32-27)23-16-29(23)22-15-20(37-3)6-8-25(22)34(2)28(29)36/h4-9,14-15,17,23H,10-13,16H2,1-3H3,(H,31,32)/t23?,29-/m0/s1. The van der Waals surface area contributed by atoms with Crippen molar-refractivity contribution in [2.24, 2.45) is 0 Å². The van der Waals surface area contributed by atoms with Crippen LogP contribution in [0.2, 0.25) is 0 Å². The van der Waals surface area contributed by atoms with E-state index >= 15 is 0 Å². The van der Waals surface area contributed by atoms with Crippen LogP contribution in [-0.2, 0) is 10.2 Å². The molecule has 3 aliphatic rings. The number of aromatic amines is 1. The quantitative estimate of drug-likeness (QED) is 0.465. The molecule has 2 atom stereocenters. The van der Waals surface area contributed by atoms with Gasteiger partial charge in [-0.3, -0.25) is 9.89 Å². The maximum atomic E-state index is 13.4. The maximum Gasteiger partial charge on any atom is 0.238 e. The van der Waals surface area contributed by atoms with Crippen molar-refractivity contribution in [2.45, 2.75) is 17.8 Å². The Hall–Kier alpha value is -3.91. The normalized spacial score (nSPS) is 23.2. The number of likely N-dealkylation sites (N-methyl/N-ethyl adjacent to an activating group) is 2. The van der Waals surface area contributed by atoms with Crippen LogP contribution in [-0.4, -0.2) is 73.4 Å². The highest BCUT2D eigenvalue weighted by atomic mass is 16.5. The molecule has 7 rings (SSSR count). The minimum atomic E-state index is -0.502. The smallest absolute Gasteiger partial charge is 0.238 e. The number of H-pyrrole nitrogens is 1. The summed E-state index contributed by atoms with van der Waals surface area (Å²) < 4.78 is 5.47. The number of ether oxygens (including phenoxy) is 1. The summed E-state index contributed by atoms with van der Waals surface area (Å²) in [6, 6.07) is 16.6. The molecule has 4 aromatic rings. The van der Waals surface area contributed by atoms with E-state index in [4.69, 9.17) is 9.72 Å². The van der Waals surface area contributed by atoms with E-state index in [1.54, 1.807) is 12.0 Å². The zero-order chi connectivity index (χ0) is 25.3. The molecule has 37 heavy (non-hydrogen) atoms. The summed E-state index contributed by atoms with van der Waals surface area (Å²) in [4.78, 5) is 24.6. The molecule has 1 spiro atoms. The molecule has 1 unspecified atom stereocenters. The van der Waals surface area contributed by atoms with E-state index in [1.165, 1.54) is 0 Å². The average molecular weight is 495 g/mol. The topological polar surface area (TPSA) is 77.6 Å². The molecule has 0 radical (unpaired) electrons. The van der Waals surface area contributed by atoms with Crippen molar-refractivity contribution in [3.8, 4) is 17.0 Å². The number of hydrogen-bond donors (Lipinski definition) is 1. The second-order valence-corrected chi connectivity index (χ2v) is 10.5. The van der Waals surface area contributed by atoms with Gasteiger partial charge in [0.1, 0.15) is 17.3 Å². The van der Waals surface area contributed by atoms with E-state index in [-0.39, 0.29) is 11.8 Å². The maximum absolute atomic E-state index is 13.4. The lowest BCUT2D eigenvalue weighted by atomic mass is 9.91. The average Bonchev–Trinajstić information content (AvgIpc) is 3.50. The van der Waals surface area contributed by atoms with Crippen molar-refractivity contribution < 1.29 is 9.53 Å². The van der Waals surface area contributed by atoms with Crippen molar-refractivity contribution in [1.29, 1.82) is 0 Å². The number of rotatable bonds is 4. The van der Waals surface area contributed by atoms with Gasteiger partial charge in [0, 0.05) is 62.0 Å². The first-order valence-corrected chi connectivity index (χ1v) is 12.8. The van der Waals surface area contributed by atoms with Crippen LogP contribution in [0.5, 0.6) is 5.75 Å². The van der Waals surface area contributed by atoms with Crippen LogP contribution < -0.4 is 14.5 Å². The number of benzene rings is 2. The highest BCUT2D eigenvalue weighted by Gasteiger charge is 2.66. The molecule has 8 nitrogen and oxygen atoms in total. The van der Waals surface area contributed by atoms with Crippen LogP contribution in [0.1, 0.15) is 23.5 Å². The van der Waals surface area contributed by atoms with Crippen molar-refractivity contribution in [1.82, 2.24) is 20.1 Å². The number of methoxy groups -OCH3 is 1. The first-order chi connectivity index (χ1) is 18.0. The van der Waals surface area contributed by atoms with Crippen LogP contribution in [0.15, 0.2) is 54.7 Å². The van der Waals surface area contributed by atoms with Gasteiger partial charge in [0.15, 0.2) is 0 Å². The second kappa shape index (κ2) is 8.05. The minimum Gasteiger partial charge on any atom is -0.497 e. The first-order valence-electron chi connectivity index (χ1n) is 12.8. The van der Waals surface area contributed by atoms with Crippen molar-refractivity contribution in [3.63, 3.8) is 0 Å². The van der Waals surface area contributed by atoms with Gasteiger partial charge in [-0.1, -0.05) is 12.1 Å². The van der Waals surface area contributed by atoms with E-state index < -0.39 is 5.41 Å². The number of carbonyl (C=O) groups is 1. The van der Waals surface area contributed by atoms with E-state index in [1.807, 2.05) is 31.4 Å². The lowest BCUT2D eigenvalue weighted by Gasteiger charge is -2.33. The number of amides is 1. The third-order valence-corrected chi connectivity index (χ3v) is 8.53. The summed E-state index contributed by atoms with van der Waals surface area (Å²) in [5.74, 6) is 2.10. The highest BCUT2D eigenvalue weighted by molar-refractivity contribution is 6.11. The SMILES string of the molecule is COc1ccc2c(c1)[C@]1(CC1c1ccc3c(-c4ccc(N5CCN(C)CC5)nc4)n[nH]c3c1)C(=O)N2C. The van der Waals surface area contributed by atoms with Crippen LogP contribution in [0.3, 0.4) is 0 Å². The molecule has 8 heteroatoms. The molecule has 4 heterocycles. The van der Waals surface area contributed by atoms with Gasteiger partial charge >= 0.3 is 0 Å². The van der Waals surface area contributed by atoms with E-state index in [0.29, 0.717) is 0 Å². The predicted octanol–water partition coefficient (Wildman–Crippen LogP) is 3.79. The van der Waals surface area contributed by atoms with Crippen LogP contribution in [0, 0.1) is 0 Å². The number of carbonyl (C=O) groups excluding carboxylic acids is 1. The monoisotopic (exact) mass is 494 g/mol. The predicted molar refractivity (Wildman–Crippen MR) is 144 cm³/mol. The summed E-state index contributed by atoms with van der Waals surface area (Å²) in [7, 11) is 5.69. The Kier molecular flexibility index (Phi) is 4.85. The number of nitrogens with zero attached hydrogens (tertiary/aromatic N) is 5. The molecular weight excluding hydrogens is 464 g/mol. The van der Waals surface area contributed by atoms with Crippen LogP contribution in [0.4, 0.5) is 11.5 Å². The Bertz CT molecular complexity index is 1520. The summed E-state index contributed by atoms with van der Waals surface area (Å²) in [6.45, 7) is 4.10. The molecule has 2 aliphatic heterocycles. The molecule has 188 valence electrons. The number of fused-ring (bicyclic) bond motifs is 3. The van der Waals surface area contributed by atoms with Crippen molar-refractivity contribution in [2.75, 3.05) is 57.2 Å². The lowest BCUT2D eigenvalue weighted by Crippen LogP contribution is -2.44. The van der Waals surface area contributed by atoms with Crippen molar-refractivity contribution in [3.05, 3.63) is 65.9 Å². The Morgan fingerprint density at radius 3 is 2.62 bits per heavy atom. The molecule has 2 aromatic carbocycles. The molecule has 1 saturated carbocycles. The Labute approximate surface area is 215 Å². The van der Waals surface area contributed by atoms with E-state index in [2.05, 4.69) is 57.4 Å². The molecule has 2 fully saturated rings. The summed E-state index contributed by atoms with van der Waals surface area (Å²) in [5.41, 5.74) is 5.57. The molecule has 1 saturated heterocycles. The number of piperazine rings is 1. The van der Waals surface area contributed by atoms with Gasteiger partial charge in [0.25, 0.3) is 0 Å². The fraction of sp³-hybridized carbons (Fsp3) is 0.345. The van der Waals surface area contributed by atoms with E-state index in [9.17, 15) is 4.79 Å². The minimum absolute atomic E-state index is 0.136. The fourth-order valence-electron chi connectivity index (χ4n) is 6.24. The number of anilines is 2. The van der Waals surface area contributed by atoms with Gasteiger partial charge < -0.3 is 19.4 Å². The fourth-order valence-corrected chi connectivity index (χ4v) is 6.24. The number of nitrogens with one attached hydrogen (secondary N) is 1. The molecule has 2 aromatic heterocycles.